The maximum atomic E-state index is 12.7. The SMILES string of the molecule is Cc1cc(C(=O)NC2(C(=O)O)CCSC2)c2ccccc2n1. The molecule has 1 amide bonds. The lowest BCUT2D eigenvalue weighted by Gasteiger charge is -2.25. The van der Waals surface area contributed by atoms with Crippen LogP contribution in [0.15, 0.2) is 30.3 Å². The van der Waals surface area contributed by atoms with E-state index in [1.54, 1.807) is 17.8 Å². The highest BCUT2D eigenvalue weighted by Gasteiger charge is 2.43. The van der Waals surface area contributed by atoms with Gasteiger partial charge in [-0.3, -0.25) is 9.78 Å². The van der Waals surface area contributed by atoms with E-state index in [-0.39, 0.29) is 5.91 Å². The molecule has 0 aliphatic carbocycles. The minimum Gasteiger partial charge on any atom is -0.479 e. The number of thioether (sulfide) groups is 1. The number of para-hydroxylation sites is 1. The molecule has 0 spiro atoms. The van der Waals surface area contributed by atoms with Crippen LogP contribution in [-0.4, -0.2) is 39.0 Å². The summed E-state index contributed by atoms with van der Waals surface area (Å²) in [7, 11) is 0. The molecule has 2 aromatic rings. The maximum Gasteiger partial charge on any atom is 0.330 e. The van der Waals surface area contributed by atoms with E-state index in [1.165, 1.54) is 0 Å². The van der Waals surface area contributed by atoms with Gasteiger partial charge in [-0.15, -0.1) is 0 Å². The second kappa shape index (κ2) is 5.61. The molecular formula is C16H16N2O3S. The van der Waals surface area contributed by atoms with Gasteiger partial charge in [0.05, 0.1) is 11.1 Å². The molecule has 22 heavy (non-hydrogen) atoms. The zero-order valence-corrected chi connectivity index (χ0v) is 12.9. The van der Waals surface area contributed by atoms with Crippen molar-refractivity contribution in [2.75, 3.05) is 11.5 Å². The molecule has 1 aliphatic heterocycles. The predicted molar refractivity (Wildman–Crippen MR) is 86.3 cm³/mol. The van der Waals surface area contributed by atoms with Gasteiger partial charge in [-0.25, -0.2) is 4.79 Å². The number of amides is 1. The molecule has 2 heterocycles. The number of benzene rings is 1. The first kappa shape index (κ1) is 14.8. The zero-order valence-electron chi connectivity index (χ0n) is 12.1. The van der Waals surface area contributed by atoms with Gasteiger partial charge in [0, 0.05) is 16.8 Å². The quantitative estimate of drug-likeness (QED) is 0.908. The second-order valence-electron chi connectivity index (χ2n) is 5.47. The van der Waals surface area contributed by atoms with Crippen molar-refractivity contribution in [3.05, 3.63) is 41.6 Å². The molecule has 1 unspecified atom stereocenters. The topological polar surface area (TPSA) is 79.3 Å². The molecule has 0 saturated carbocycles. The highest BCUT2D eigenvalue weighted by Crippen LogP contribution is 2.29. The Morgan fingerprint density at radius 3 is 2.82 bits per heavy atom. The minimum atomic E-state index is -1.17. The Morgan fingerprint density at radius 2 is 2.14 bits per heavy atom. The summed E-state index contributed by atoms with van der Waals surface area (Å²) in [6.45, 7) is 1.82. The number of nitrogens with zero attached hydrogens (tertiary/aromatic N) is 1. The van der Waals surface area contributed by atoms with E-state index in [0.717, 1.165) is 22.3 Å². The van der Waals surface area contributed by atoms with Crippen molar-refractivity contribution in [2.24, 2.45) is 0 Å². The second-order valence-corrected chi connectivity index (χ2v) is 6.58. The van der Waals surface area contributed by atoms with E-state index >= 15 is 0 Å². The molecular weight excluding hydrogens is 300 g/mol. The zero-order chi connectivity index (χ0) is 15.7. The summed E-state index contributed by atoms with van der Waals surface area (Å²) >= 11 is 1.55. The number of pyridine rings is 1. The minimum absolute atomic E-state index is 0.355. The number of aliphatic carboxylic acids is 1. The van der Waals surface area contributed by atoms with Gasteiger partial charge < -0.3 is 10.4 Å². The first-order chi connectivity index (χ1) is 10.5. The van der Waals surface area contributed by atoms with E-state index in [4.69, 9.17) is 0 Å². The molecule has 5 nitrogen and oxygen atoms in total. The largest absolute Gasteiger partial charge is 0.479 e. The molecule has 1 aliphatic rings. The van der Waals surface area contributed by atoms with Crippen LogP contribution in [0.2, 0.25) is 0 Å². The van der Waals surface area contributed by atoms with Crippen LogP contribution in [0.5, 0.6) is 0 Å². The van der Waals surface area contributed by atoms with Crippen LogP contribution in [0.1, 0.15) is 22.5 Å². The number of carboxylic acid groups (broad SMARTS) is 1. The average Bonchev–Trinajstić information content (AvgIpc) is 2.96. The van der Waals surface area contributed by atoms with Crippen molar-refractivity contribution in [1.29, 1.82) is 0 Å². The molecule has 0 radical (unpaired) electrons. The van der Waals surface area contributed by atoms with E-state index < -0.39 is 11.5 Å². The Hall–Kier alpha value is -2.08. The summed E-state index contributed by atoms with van der Waals surface area (Å²) in [5.74, 6) is -0.189. The third-order valence-corrected chi connectivity index (χ3v) is 5.06. The van der Waals surface area contributed by atoms with Gasteiger partial charge in [0.1, 0.15) is 5.54 Å². The highest BCUT2D eigenvalue weighted by atomic mass is 32.2. The molecule has 1 aromatic carbocycles. The normalized spacial score (nSPS) is 21.0. The number of hydrogen-bond acceptors (Lipinski definition) is 4. The molecule has 0 bridgehead atoms. The number of fused-ring (bicyclic) bond motifs is 1. The van der Waals surface area contributed by atoms with E-state index in [1.807, 2.05) is 31.2 Å². The molecule has 2 N–H and O–H groups in total. The lowest BCUT2D eigenvalue weighted by Crippen LogP contribution is -2.54. The number of carboxylic acids is 1. The number of aromatic nitrogens is 1. The van der Waals surface area contributed by atoms with Crippen LogP contribution in [0, 0.1) is 6.92 Å². The van der Waals surface area contributed by atoms with Crippen molar-refractivity contribution in [1.82, 2.24) is 10.3 Å². The lowest BCUT2D eigenvalue weighted by atomic mass is 9.97. The number of aryl methyl sites for hydroxylation is 1. The highest BCUT2D eigenvalue weighted by molar-refractivity contribution is 7.99. The maximum absolute atomic E-state index is 12.7. The summed E-state index contributed by atoms with van der Waals surface area (Å²) in [4.78, 5) is 28.6. The van der Waals surface area contributed by atoms with Crippen LogP contribution in [0.4, 0.5) is 0 Å². The number of rotatable bonds is 3. The third-order valence-electron chi connectivity index (χ3n) is 3.87. The first-order valence-electron chi connectivity index (χ1n) is 7.02. The average molecular weight is 316 g/mol. The van der Waals surface area contributed by atoms with Gasteiger partial charge >= 0.3 is 5.97 Å². The standard InChI is InChI=1S/C16H16N2O3S/c1-10-8-12(11-4-2-3-5-13(11)17-10)14(19)18-16(15(20)21)6-7-22-9-16/h2-5,8H,6-7,9H2,1H3,(H,18,19)(H,20,21). The van der Waals surface area contributed by atoms with Crippen LogP contribution in [-0.2, 0) is 4.79 Å². The van der Waals surface area contributed by atoms with Crippen LogP contribution in [0.25, 0.3) is 10.9 Å². The van der Waals surface area contributed by atoms with Gasteiger partial charge in [0.2, 0.25) is 0 Å². The summed E-state index contributed by atoms with van der Waals surface area (Å²) < 4.78 is 0. The van der Waals surface area contributed by atoms with Gasteiger partial charge in [-0.2, -0.15) is 11.8 Å². The van der Waals surface area contributed by atoms with Crippen molar-refractivity contribution in [2.45, 2.75) is 18.9 Å². The summed E-state index contributed by atoms with van der Waals surface area (Å²) in [5.41, 5.74) is 0.771. The number of carbonyl (C=O) groups excluding carboxylic acids is 1. The van der Waals surface area contributed by atoms with Gasteiger partial charge in [0.15, 0.2) is 0 Å². The van der Waals surface area contributed by atoms with Crippen LogP contribution in [0.3, 0.4) is 0 Å². The number of nitrogens with one attached hydrogen (secondary N) is 1. The predicted octanol–water partition coefficient (Wildman–Crippen LogP) is 2.23. The Balaban J connectivity index is 2.00. The molecule has 1 atom stereocenters. The fourth-order valence-corrected chi connectivity index (χ4v) is 3.99. The number of hydrogen-bond donors (Lipinski definition) is 2. The Morgan fingerprint density at radius 1 is 1.36 bits per heavy atom. The monoisotopic (exact) mass is 316 g/mol. The fraction of sp³-hybridized carbons (Fsp3) is 0.312. The Labute approximate surface area is 132 Å². The van der Waals surface area contributed by atoms with Crippen LogP contribution >= 0.6 is 11.8 Å². The van der Waals surface area contributed by atoms with E-state index in [0.29, 0.717) is 17.7 Å². The molecule has 6 heteroatoms. The van der Waals surface area contributed by atoms with E-state index in [9.17, 15) is 14.7 Å². The van der Waals surface area contributed by atoms with Crippen molar-refractivity contribution in [3.63, 3.8) is 0 Å². The molecule has 3 rings (SSSR count). The van der Waals surface area contributed by atoms with Gasteiger partial charge in [-0.1, -0.05) is 18.2 Å². The summed E-state index contributed by atoms with van der Waals surface area (Å²) in [5, 5.41) is 13.0. The Kier molecular flexibility index (Phi) is 3.78. The summed E-state index contributed by atoms with van der Waals surface area (Å²) in [6.07, 6.45) is 0.445. The Bertz CT molecular complexity index is 754. The summed E-state index contributed by atoms with van der Waals surface area (Å²) in [6, 6.07) is 9.08. The molecule has 1 saturated heterocycles. The van der Waals surface area contributed by atoms with Gasteiger partial charge in [0.25, 0.3) is 5.91 Å². The van der Waals surface area contributed by atoms with Crippen molar-refractivity contribution in [3.8, 4) is 0 Å². The van der Waals surface area contributed by atoms with E-state index in [2.05, 4.69) is 10.3 Å². The molecule has 114 valence electrons. The van der Waals surface area contributed by atoms with Crippen molar-refractivity contribution >= 4 is 34.5 Å². The molecule has 1 aromatic heterocycles. The van der Waals surface area contributed by atoms with Crippen molar-refractivity contribution < 1.29 is 14.7 Å². The fourth-order valence-electron chi connectivity index (χ4n) is 2.67. The van der Waals surface area contributed by atoms with Crippen LogP contribution < -0.4 is 5.32 Å². The first-order valence-corrected chi connectivity index (χ1v) is 8.17. The third kappa shape index (κ3) is 2.54. The smallest absolute Gasteiger partial charge is 0.330 e. The number of carbonyl (C=O) groups is 2. The van der Waals surface area contributed by atoms with Gasteiger partial charge in [-0.05, 0) is 31.2 Å². The molecule has 1 fully saturated rings. The lowest BCUT2D eigenvalue weighted by molar-refractivity contribution is -0.143.